The topological polar surface area (TPSA) is 29.9 Å². The molecule has 3 heteroatoms. The third-order valence-corrected chi connectivity index (χ3v) is 3.00. The summed E-state index contributed by atoms with van der Waals surface area (Å²) in [5.74, 6) is 0.916. The molecule has 0 saturated heterocycles. The van der Waals surface area contributed by atoms with Crippen molar-refractivity contribution >= 4 is 0 Å². The fourth-order valence-electron chi connectivity index (χ4n) is 1.71. The lowest BCUT2D eigenvalue weighted by atomic mass is 10.3. The molecule has 2 fully saturated rings. The van der Waals surface area contributed by atoms with Gasteiger partial charge in [-0.1, -0.05) is 0 Å². The van der Waals surface area contributed by atoms with Gasteiger partial charge in [0.2, 0.25) is 0 Å². The minimum Gasteiger partial charge on any atom is -0.310 e. The van der Waals surface area contributed by atoms with E-state index < -0.39 is 0 Å². The van der Waals surface area contributed by atoms with Crippen LogP contribution in [-0.4, -0.2) is 15.8 Å². The van der Waals surface area contributed by atoms with E-state index in [-0.39, 0.29) is 0 Å². The predicted molar refractivity (Wildman–Crippen MR) is 54.8 cm³/mol. The monoisotopic (exact) mass is 191 g/mol. The molecule has 0 spiro atoms. The van der Waals surface area contributed by atoms with Gasteiger partial charge in [-0.05, 0) is 31.6 Å². The lowest BCUT2D eigenvalue weighted by Crippen LogP contribution is -2.14. The van der Waals surface area contributed by atoms with Crippen LogP contribution in [0.15, 0.2) is 12.4 Å². The number of nitrogens with zero attached hydrogens (tertiary/aromatic N) is 2. The second-order valence-corrected chi connectivity index (χ2v) is 4.67. The molecule has 0 amide bonds. The van der Waals surface area contributed by atoms with E-state index in [0.29, 0.717) is 0 Å². The Morgan fingerprint density at radius 1 is 1.36 bits per heavy atom. The minimum atomic E-state index is 0.793. The maximum absolute atomic E-state index is 4.37. The average Bonchev–Trinajstić information content (AvgIpc) is 3.06. The Balaban J connectivity index is 1.52. The van der Waals surface area contributed by atoms with Gasteiger partial charge in [-0.3, -0.25) is 4.68 Å². The van der Waals surface area contributed by atoms with Crippen LogP contribution in [-0.2, 0) is 13.1 Å². The van der Waals surface area contributed by atoms with Crippen LogP contribution < -0.4 is 5.32 Å². The predicted octanol–water partition coefficient (Wildman–Crippen LogP) is 1.55. The minimum absolute atomic E-state index is 0.793. The first kappa shape index (κ1) is 8.48. The average molecular weight is 191 g/mol. The standard InChI is InChI=1S/C11H17N3/c1-2-9(1)7-14-8-10(6-13-14)5-12-11-3-4-11/h6,8-9,11-12H,1-5,7H2. The molecular formula is C11H17N3. The van der Waals surface area contributed by atoms with Crippen LogP contribution in [0, 0.1) is 5.92 Å². The molecule has 1 aromatic heterocycles. The van der Waals surface area contributed by atoms with Crippen LogP contribution in [0.1, 0.15) is 31.2 Å². The van der Waals surface area contributed by atoms with Crippen molar-refractivity contribution in [1.29, 1.82) is 0 Å². The molecule has 1 aromatic rings. The van der Waals surface area contributed by atoms with Gasteiger partial charge in [0, 0.05) is 30.9 Å². The van der Waals surface area contributed by atoms with Gasteiger partial charge in [0.25, 0.3) is 0 Å². The van der Waals surface area contributed by atoms with Gasteiger partial charge < -0.3 is 5.32 Å². The van der Waals surface area contributed by atoms with Gasteiger partial charge >= 0.3 is 0 Å². The Morgan fingerprint density at radius 3 is 2.93 bits per heavy atom. The summed E-state index contributed by atoms with van der Waals surface area (Å²) in [6.45, 7) is 2.12. The molecule has 1 N–H and O–H groups in total. The van der Waals surface area contributed by atoms with Crippen LogP contribution in [0.5, 0.6) is 0 Å². The molecule has 0 aromatic carbocycles. The van der Waals surface area contributed by atoms with Gasteiger partial charge in [-0.25, -0.2) is 0 Å². The molecule has 0 atom stereocenters. The Bertz CT molecular complexity index is 310. The summed E-state index contributed by atoms with van der Waals surface area (Å²) in [7, 11) is 0. The molecule has 3 nitrogen and oxygen atoms in total. The van der Waals surface area contributed by atoms with E-state index in [1.54, 1.807) is 0 Å². The molecular weight excluding hydrogens is 174 g/mol. The Hall–Kier alpha value is -0.830. The second kappa shape index (κ2) is 3.39. The molecule has 2 saturated carbocycles. The van der Waals surface area contributed by atoms with E-state index in [1.807, 2.05) is 6.20 Å². The highest BCUT2D eigenvalue weighted by molar-refractivity contribution is 5.04. The summed E-state index contributed by atoms with van der Waals surface area (Å²) in [5.41, 5.74) is 1.33. The first-order valence-electron chi connectivity index (χ1n) is 5.65. The summed E-state index contributed by atoms with van der Waals surface area (Å²) < 4.78 is 2.10. The molecule has 0 radical (unpaired) electrons. The zero-order valence-corrected chi connectivity index (χ0v) is 8.45. The molecule has 2 aliphatic rings. The van der Waals surface area contributed by atoms with Crippen molar-refractivity contribution < 1.29 is 0 Å². The van der Waals surface area contributed by atoms with Gasteiger partial charge in [0.1, 0.15) is 0 Å². The normalized spacial score (nSPS) is 21.4. The van der Waals surface area contributed by atoms with Crippen LogP contribution >= 0.6 is 0 Å². The van der Waals surface area contributed by atoms with Crippen LogP contribution in [0.2, 0.25) is 0 Å². The number of hydrogen-bond donors (Lipinski definition) is 1. The van der Waals surface area contributed by atoms with Gasteiger partial charge in [-0.2, -0.15) is 5.10 Å². The third-order valence-electron chi connectivity index (χ3n) is 3.00. The molecule has 0 bridgehead atoms. The van der Waals surface area contributed by atoms with Crippen molar-refractivity contribution in [1.82, 2.24) is 15.1 Å². The fraction of sp³-hybridized carbons (Fsp3) is 0.727. The van der Waals surface area contributed by atoms with Crippen molar-refractivity contribution in [2.75, 3.05) is 0 Å². The zero-order chi connectivity index (χ0) is 9.38. The van der Waals surface area contributed by atoms with Crippen LogP contribution in [0.3, 0.4) is 0 Å². The number of aromatic nitrogens is 2. The van der Waals surface area contributed by atoms with E-state index >= 15 is 0 Å². The molecule has 1 heterocycles. The first-order valence-corrected chi connectivity index (χ1v) is 5.65. The number of hydrogen-bond acceptors (Lipinski definition) is 2. The SMILES string of the molecule is c1nn(CC2CC2)cc1CNC1CC1. The summed E-state index contributed by atoms with van der Waals surface area (Å²) in [5, 5.41) is 7.87. The molecule has 0 aliphatic heterocycles. The van der Waals surface area contributed by atoms with Gasteiger partial charge in [0.05, 0.1) is 6.20 Å². The van der Waals surface area contributed by atoms with Crippen LogP contribution in [0.4, 0.5) is 0 Å². The molecule has 3 rings (SSSR count). The second-order valence-electron chi connectivity index (χ2n) is 4.67. The first-order chi connectivity index (χ1) is 6.90. The fourth-order valence-corrected chi connectivity index (χ4v) is 1.71. The quantitative estimate of drug-likeness (QED) is 0.765. The maximum Gasteiger partial charge on any atom is 0.0534 e. The van der Waals surface area contributed by atoms with Crippen molar-refractivity contribution in [2.24, 2.45) is 5.92 Å². The van der Waals surface area contributed by atoms with E-state index in [4.69, 9.17) is 0 Å². The van der Waals surface area contributed by atoms with Crippen molar-refractivity contribution in [3.05, 3.63) is 18.0 Å². The van der Waals surface area contributed by atoms with Gasteiger partial charge in [0.15, 0.2) is 0 Å². The Morgan fingerprint density at radius 2 is 2.21 bits per heavy atom. The smallest absolute Gasteiger partial charge is 0.0534 e. The molecule has 0 unspecified atom stereocenters. The highest BCUT2D eigenvalue weighted by Crippen LogP contribution is 2.30. The van der Waals surface area contributed by atoms with Crippen molar-refractivity contribution in [2.45, 2.75) is 44.8 Å². The maximum atomic E-state index is 4.37. The zero-order valence-electron chi connectivity index (χ0n) is 8.45. The van der Waals surface area contributed by atoms with E-state index in [9.17, 15) is 0 Å². The molecule has 14 heavy (non-hydrogen) atoms. The number of nitrogens with one attached hydrogen (secondary N) is 1. The third kappa shape index (κ3) is 2.15. The van der Waals surface area contributed by atoms with Crippen LogP contribution in [0.25, 0.3) is 0 Å². The molecule has 76 valence electrons. The van der Waals surface area contributed by atoms with Gasteiger partial charge in [-0.15, -0.1) is 0 Å². The lowest BCUT2D eigenvalue weighted by Gasteiger charge is -1.98. The Labute approximate surface area is 84.5 Å². The Kier molecular flexibility index (Phi) is 2.05. The molecule has 2 aliphatic carbocycles. The van der Waals surface area contributed by atoms with E-state index in [1.165, 1.54) is 31.2 Å². The van der Waals surface area contributed by atoms with E-state index in [0.717, 1.165) is 25.0 Å². The summed E-state index contributed by atoms with van der Waals surface area (Å²) in [6.07, 6.45) is 9.70. The lowest BCUT2D eigenvalue weighted by molar-refractivity contribution is 0.562. The highest BCUT2D eigenvalue weighted by Gasteiger charge is 2.22. The summed E-state index contributed by atoms with van der Waals surface area (Å²) in [6, 6.07) is 0.793. The van der Waals surface area contributed by atoms with E-state index in [2.05, 4.69) is 21.3 Å². The van der Waals surface area contributed by atoms with Crippen molar-refractivity contribution in [3.63, 3.8) is 0 Å². The summed E-state index contributed by atoms with van der Waals surface area (Å²) in [4.78, 5) is 0. The highest BCUT2D eigenvalue weighted by atomic mass is 15.3. The number of rotatable bonds is 5. The van der Waals surface area contributed by atoms with Crippen molar-refractivity contribution in [3.8, 4) is 0 Å². The summed E-state index contributed by atoms with van der Waals surface area (Å²) >= 11 is 0. The largest absolute Gasteiger partial charge is 0.310 e.